The van der Waals surface area contributed by atoms with Gasteiger partial charge in [-0.05, 0) is 24.2 Å². The Balaban J connectivity index is 2.42. The van der Waals surface area contributed by atoms with E-state index in [1.807, 2.05) is 0 Å². The number of hydrogen-bond donors (Lipinski definition) is 2. The Morgan fingerprint density at radius 3 is 2.60 bits per heavy atom. The minimum atomic E-state index is -0.770. The minimum Gasteiger partial charge on any atom is -0.481 e. The molecular weight excluding hydrogens is 276 g/mol. The van der Waals surface area contributed by atoms with E-state index in [1.54, 1.807) is 11.7 Å². The fraction of sp³-hybridized carbons (Fsp3) is 0.643. The molecule has 5 nitrogen and oxygen atoms in total. The highest BCUT2D eigenvalue weighted by atomic mass is 32.1. The van der Waals surface area contributed by atoms with Gasteiger partial charge in [0.1, 0.15) is 4.88 Å². The summed E-state index contributed by atoms with van der Waals surface area (Å²) >= 11 is 1.31. The van der Waals surface area contributed by atoms with E-state index in [2.05, 4.69) is 31.1 Å². The van der Waals surface area contributed by atoms with E-state index in [9.17, 15) is 9.59 Å². The summed E-state index contributed by atoms with van der Waals surface area (Å²) in [5.74, 6) is -0.619. The van der Waals surface area contributed by atoms with Crippen LogP contribution in [0.2, 0.25) is 0 Å². The molecule has 1 amide bonds. The van der Waals surface area contributed by atoms with E-state index in [0.29, 0.717) is 17.8 Å². The molecule has 1 unspecified atom stereocenters. The Morgan fingerprint density at radius 1 is 1.40 bits per heavy atom. The molecule has 2 N–H and O–H groups in total. The van der Waals surface area contributed by atoms with Gasteiger partial charge in [0.05, 0.1) is 11.7 Å². The van der Waals surface area contributed by atoms with Crippen LogP contribution in [0.1, 0.15) is 49.7 Å². The highest BCUT2D eigenvalue weighted by Crippen LogP contribution is 2.32. The second-order valence-corrected chi connectivity index (χ2v) is 6.79. The zero-order valence-electron chi connectivity index (χ0n) is 12.2. The summed E-state index contributed by atoms with van der Waals surface area (Å²) in [6.45, 7) is 6.86. The Hall–Kier alpha value is -1.43. The molecule has 0 bridgehead atoms. The van der Waals surface area contributed by atoms with Crippen molar-refractivity contribution in [1.29, 1.82) is 0 Å². The van der Waals surface area contributed by atoms with Crippen LogP contribution in [0.5, 0.6) is 0 Å². The van der Waals surface area contributed by atoms with Crippen molar-refractivity contribution in [2.45, 2.75) is 40.0 Å². The number of hydrogen-bond acceptors (Lipinski definition) is 4. The number of nitrogens with zero attached hydrogens (tertiary/aromatic N) is 1. The molecule has 0 aliphatic rings. The molecule has 6 heteroatoms. The molecule has 1 rings (SSSR count). The maximum absolute atomic E-state index is 11.8. The number of amides is 1. The van der Waals surface area contributed by atoms with Crippen LogP contribution >= 0.6 is 11.3 Å². The van der Waals surface area contributed by atoms with Gasteiger partial charge in [0.25, 0.3) is 5.91 Å². The van der Waals surface area contributed by atoms with Crippen molar-refractivity contribution in [1.82, 2.24) is 10.3 Å². The Labute approximate surface area is 123 Å². The second kappa shape index (κ2) is 7.38. The largest absolute Gasteiger partial charge is 0.481 e. The van der Waals surface area contributed by atoms with Gasteiger partial charge in [-0.15, -0.1) is 11.3 Å². The maximum atomic E-state index is 11.8. The highest BCUT2D eigenvalue weighted by molar-refractivity contribution is 7.11. The molecule has 1 aromatic heterocycles. The summed E-state index contributed by atoms with van der Waals surface area (Å²) in [6, 6.07) is 0. The molecule has 1 heterocycles. The third-order valence-corrected chi connectivity index (χ3v) is 4.14. The monoisotopic (exact) mass is 298 g/mol. The Kier molecular flexibility index (Phi) is 6.13. The lowest BCUT2D eigenvalue weighted by molar-refractivity contribution is -0.137. The van der Waals surface area contributed by atoms with Crippen LogP contribution in [0.3, 0.4) is 0 Å². The van der Waals surface area contributed by atoms with E-state index in [-0.39, 0.29) is 23.7 Å². The predicted octanol–water partition coefficient (Wildman–Crippen LogP) is 2.79. The smallest absolute Gasteiger partial charge is 0.303 e. The molecule has 1 aromatic rings. The standard InChI is InChI=1S/C14H22N2O3S/c1-14(2,3)10(4-5-12(17)18)6-7-16-13(19)11-8-15-9-20-11/h8-10H,4-7H2,1-3H3,(H,16,19)(H,17,18). The number of aliphatic carboxylic acids is 1. The molecule has 0 saturated heterocycles. The van der Waals surface area contributed by atoms with Gasteiger partial charge in [-0.2, -0.15) is 0 Å². The zero-order chi connectivity index (χ0) is 15.2. The number of carboxylic acids is 1. The average molecular weight is 298 g/mol. The number of carbonyl (C=O) groups excluding carboxylic acids is 1. The molecule has 0 radical (unpaired) electrons. The van der Waals surface area contributed by atoms with Crippen molar-refractivity contribution in [3.63, 3.8) is 0 Å². The van der Waals surface area contributed by atoms with Crippen molar-refractivity contribution in [2.24, 2.45) is 11.3 Å². The summed E-state index contributed by atoms with van der Waals surface area (Å²) in [4.78, 5) is 26.9. The van der Waals surface area contributed by atoms with Gasteiger partial charge < -0.3 is 10.4 Å². The van der Waals surface area contributed by atoms with E-state index in [1.165, 1.54) is 11.3 Å². The first-order valence-corrected chi connectivity index (χ1v) is 7.57. The lowest BCUT2D eigenvalue weighted by Crippen LogP contribution is -2.29. The van der Waals surface area contributed by atoms with Gasteiger partial charge in [0.15, 0.2) is 0 Å². The Bertz CT molecular complexity index is 438. The lowest BCUT2D eigenvalue weighted by atomic mass is 9.76. The molecule has 112 valence electrons. The summed E-state index contributed by atoms with van der Waals surface area (Å²) < 4.78 is 0. The summed E-state index contributed by atoms with van der Waals surface area (Å²) in [5.41, 5.74) is 1.66. The fourth-order valence-electron chi connectivity index (χ4n) is 2.08. The molecule has 0 aliphatic heterocycles. The molecule has 0 fully saturated rings. The van der Waals surface area contributed by atoms with Crippen molar-refractivity contribution < 1.29 is 14.7 Å². The van der Waals surface area contributed by atoms with Gasteiger partial charge in [-0.1, -0.05) is 20.8 Å². The van der Waals surface area contributed by atoms with Gasteiger partial charge in [0, 0.05) is 13.0 Å². The van der Waals surface area contributed by atoms with Gasteiger partial charge in [-0.3, -0.25) is 14.6 Å². The number of rotatable bonds is 7. The van der Waals surface area contributed by atoms with Crippen LogP contribution in [0, 0.1) is 11.3 Å². The lowest BCUT2D eigenvalue weighted by Gasteiger charge is -2.30. The van der Waals surface area contributed by atoms with E-state index < -0.39 is 5.97 Å². The van der Waals surface area contributed by atoms with Gasteiger partial charge in [-0.25, -0.2) is 0 Å². The summed E-state index contributed by atoms with van der Waals surface area (Å²) in [5, 5.41) is 11.7. The summed E-state index contributed by atoms with van der Waals surface area (Å²) in [6.07, 6.45) is 3.13. The molecule has 0 aliphatic carbocycles. The number of thiazole rings is 1. The third kappa shape index (κ3) is 5.69. The molecule has 1 atom stereocenters. The minimum absolute atomic E-state index is 0.0324. The molecule has 0 saturated carbocycles. The molecule has 20 heavy (non-hydrogen) atoms. The van der Waals surface area contributed by atoms with Crippen LogP contribution in [0.4, 0.5) is 0 Å². The predicted molar refractivity (Wildman–Crippen MR) is 78.9 cm³/mol. The first kappa shape index (κ1) is 16.6. The second-order valence-electron chi connectivity index (χ2n) is 5.91. The highest BCUT2D eigenvalue weighted by Gasteiger charge is 2.25. The number of carbonyl (C=O) groups is 2. The van der Waals surface area contributed by atoms with Crippen molar-refractivity contribution >= 4 is 23.2 Å². The maximum Gasteiger partial charge on any atom is 0.303 e. The topological polar surface area (TPSA) is 79.3 Å². The van der Waals surface area contributed by atoms with Crippen LogP contribution in [0.25, 0.3) is 0 Å². The van der Waals surface area contributed by atoms with Gasteiger partial charge in [0.2, 0.25) is 0 Å². The van der Waals surface area contributed by atoms with Crippen LogP contribution in [0.15, 0.2) is 11.7 Å². The van der Waals surface area contributed by atoms with Crippen LogP contribution in [-0.2, 0) is 4.79 Å². The Morgan fingerprint density at radius 2 is 2.10 bits per heavy atom. The van der Waals surface area contributed by atoms with E-state index >= 15 is 0 Å². The zero-order valence-corrected chi connectivity index (χ0v) is 13.0. The third-order valence-electron chi connectivity index (χ3n) is 3.37. The number of aromatic nitrogens is 1. The van der Waals surface area contributed by atoms with Crippen LogP contribution in [-0.4, -0.2) is 28.5 Å². The number of carboxylic acid groups (broad SMARTS) is 1. The SMILES string of the molecule is CC(C)(C)C(CCNC(=O)c1cncs1)CCC(=O)O. The molecular formula is C14H22N2O3S. The van der Waals surface area contributed by atoms with Crippen molar-refractivity contribution in [2.75, 3.05) is 6.54 Å². The molecule has 0 aromatic carbocycles. The number of nitrogens with one attached hydrogen (secondary N) is 1. The summed E-state index contributed by atoms with van der Waals surface area (Å²) in [7, 11) is 0. The quantitative estimate of drug-likeness (QED) is 0.811. The normalized spacial score (nSPS) is 12.9. The first-order chi connectivity index (χ1) is 9.30. The first-order valence-electron chi connectivity index (χ1n) is 6.69. The van der Waals surface area contributed by atoms with Gasteiger partial charge >= 0.3 is 5.97 Å². The average Bonchev–Trinajstić information content (AvgIpc) is 2.84. The fourth-order valence-corrected chi connectivity index (χ4v) is 2.62. The van der Waals surface area contributed by atoms with E-state index in [0.717, 1.165) is 6.42 Å². The van der Waals surface area contributed by atoms with Crippen LogP contribution < -0.4 is 5.32 Å². The van der Waals surface area contributed by atoms with E-state index in [4.69, 9.17) is 5.11 Å². The van der Waals surface area contributed by atoms with Crippen molar-refractivity contribution in [3.8, 4) is 0 Å². The molecule has 0 spiro atoms. The van der Waals surface area contributed by atoms with Crippen molar-refractivity contribution in [3.05, 3.63) is 16.6 Å².